The lowest BCUT2D eigenvalue weighted by atomic mass is 10.0. The van der Waals surface area contributed by atoms with Gasteiger partial charge in [-0.1, -0.05) is 55.1 Å². The van der Waals surface area contributed by atoms with Gasteiger partial charge in [0.2, 0.25) is 0 Å². The first-order valence-corrected chi connectivity index (χ1v) is 10.1. The number of allylic oxidation sites excluding steroid dienone is 1. The molecule has 0 N–H and O–H groups in total. The van der Waals surface area contributed by atoms with E-state index in [-0.39, 0.29) is 11.6 Å². The standard InChI is InChI=1S/C27H25FO2/c1-2-21-10-17-26(18-11-21)30-20-4-3-5-22-6-8-23(9-7-22)12-19-27(29)24-13-15-25(28)16-14-24/h2,6-19H,1,3-5,20H2. The maximum absolute atomic E-state index is 12.9. The van der Waals surface area contributed by atoms with Crippen molar-refractivity contribution in [1.82, 2.24) is 0 Å². The Morgan fingerprint density at radius 1 is 0.867 bits per heavy atom. The van der Waals surface area contributed by atoms with E-state index in [0.29, 0.717) is 12.2 Å². The molecular formula is C27H25FO2. The molecule has 3 rings (SSSR count). The molecule has 0 aromatic heterocycles. The number of ether oxygens (including phenoxy) is 1. The van der Waals surface area contributed by atoms with Crippen LogP contribution in [0.5, 0.6) is 5.75 Å². The van der Waals surface area contributed by atoms with E-state index in [2.05, 4.69) is 18.7 Å². The van der Waals surface area contributed by atoms with Crippen molar-refractivity contribution in [3.05, 3.63) is 114 Å². The summed E-state index contributed by atoms with van der Waals surface area (Å²) in [5.41, 5.74) is 3.77. The van der Waals surface area contributed by atoms with E-state index in [1.807, 2.05) is 42.5 Å². The third-order valence-corrected chi connectivity index (χ3v) is 4.78. The number of benzene rings is 3. The molecule has 0 atom stereocenters. The second-order valence-corrected chi connectivity index (χ2v) is 7.02. The zero-order valence-corrected chi connectivity index (χ0v) is 16.9. The average molecular weight is 400 g/mol. The van der Waals surface area contributed by atoms with E-state index in [1.54, 1.807) is 6.08 Å². The second-order valence-electron chi connectivity index (χ2n) is 7.02. The number of carbonyl (C=O) groups is 1. The Bertz CT molecular complexity index is 985. The molecule has 3 heteroatoms. The zero-order chi connectivity index (χ0) is 21.2. The Labute approximate surface area is 177 Å². The van der Waals surface area contributed by atoms with Gasteiger partial charge in [-0.3, -0.25) is 4.79 Å². The van der Waals surface area contributed by atoms with Crippen molar-refractivity contribution in [3.8, 4) is 5.75 Å². The third kappa shape index (κ3) is 6.56. The fourth-order valence-electron chi connectivity index (χ4n) is 3.00. The quantitative estimate of drug-likeness (QED) is 0.213. The molecule has 3 aromatic rings. The monoisotopic (exact) mass is 400 g/mol. The molecule has 3 aromatic carbocycles. The fraction of sp³-hybridized carbons (Fsp3) is 0.148. The van der Waals surface area contributed by atoms with Crippen LogP contribution in [0.3, 0.4) is 0 Å². The van der Waals surface area contributed by atoms with Crippen LogP contribution in [0.2, 0.25) is 0 Å². The number of carbonyl (C=O) groups excluding carboxylic acids is 1. The normalized spacial score (nSPS) is 10.8. The summed E-state index contributed by atoms with van der Waals surface area (Å²) in [6.45, 7) is 4.44. The second kappa shape index (κ2) is 10.9. The Morgan fingerprint density at radius 3 is 2.20 bits per heavy atom. The van der Waals surface area contributed by atoms with Gasteiger partial charge in [-0.25, -0.2) is 4.39 Å². The maximum Gasteiger partial charge on any atom is 0.185 e. The van der Waals surface area contributed by atoms with Crippen LogP contribution in [0.4, 0.5) is 4.39 Å². The van der Waals surface area contributed by atoms with Crippen molar-refractivity contribution in [2.24, 2.45) is 0 Å². The number of hydrogen-bond acceptors (Lipinski definition) is 2. The van der Waals surface area contributed by atoms with Crippen molar-refractivity contribution in [1.29, 1.82) is 0 Å². The largest absolute Gasteiger partial charge is 0.494 e. The van der Waals surface area contributed by atoms with Crippen LogP contribution >= 0.6 is 0 Å². The molecule has 0 fully saturated rings. The van der Waals surface area contributed by atoms with Crippen LogP contribution in [0.25, 0.3) is 12.2 Å². The predicted octanol–water partition coefficient (Wildman–Crippen LogP) is 6.77. The number of halogens is 1. The minimum absolute atomic E-state index is 0.141. The lowest BCUT2D eigenvalue weighted by Crippen LogP contribution is -1.98. The number of ketones is 1. The predicted molar refractivity (Wildman–Crippen MR) is 121 cm³/mol. The highest BCUT2D eigenvalue weighted by Crippen LogP contribution is 2.14. The van der Waals surface area contributed by atoms with E-state index in [4.69, 9.17) is 4.74 Å². The smallest absolute Gasteiger partial charge is 0.185 e. The number of aryl methyl sites for hydroxylation is 1. The van der Waals surface area contributed by atoms with Gasteiger partial charge >= 0.3 is 0 Å². The molecule has 0 aliphatic rings. The first-order valence-electron chi connectivity index (χ1n) is 10.1. The van der Waals surface area contributed by atoms with Gasteiger partial charge < -0.3 is 4.74 Å². The van der Waals surface area contributed by atoms with E-state index >= 15 is 0 Å². The fourth-order valence-corrected chi connectivity index (χ4v) is 3.00. The highest BCUT2D eigenvalue weighted by Gasteiger charge is 2.02. The van der Waals surface area contributed by atoms with Crippen molar-refractivity contribution in [3.63, 3.8) is 0 Å². The first-order chi connectivity index (χ1) is 14.6. The zero-order valence-electron chi connectivity index (χ0n) is 16.9. The molecule has 152 valence electrons. The van der Waals surface area contributed by atoms with Crippen molar-refractivity contribution < 1.29 is 13.9 Å². The summed E-state index contributed by atoms with van der Waals surface area (Å²) in [5, 5.41) is 0. The summed E-state index contributed by atoms with van der Waals surface area (Å²) in [5.74, 6) is 0.394. The maximum atomic E-state index is 12.9. The minimum Gasteiger partial charge on any atom is -0.494 e. The highest BCUT2D eigenvalue weighted by molar-refractivity contribution is 6.06. The lowest BCUT2D eigenvalue weighted by Gasteiger charge is -2.07. The molecule has 0 amide bonds. The average Bonchev–Trinajstić information content (AvgIpc) is 2.79. The summed E-state index contributed by atoms with van der Waals surface area (Å²) < 4.78 is 18.7. The molecule has 0 radical (unpaired) electrons. The number of rotatable bonds is 10. The molecule has 30 heavy (non-hydrogen) atoms. The highest BCUT2D eigenvalue weighted by atomic mass is 19.1. The molecule has 0 unspecified atom stereocenters. The van der Waals surface area contributed by atoms with E-state index in [0.717, 1.165) is 36.1 Å². The van der Waals surface area contributed by atoms with Crippen LogP contribution in [-0.2, 0) is 6.42 Å². The Hall–Kier alpha value is -3.46. The molecule has 0 saturated heterocycles. The van der Waals surface area contributed by atoms with Crippen LogP contribution < -0.4 is 4.74 Å². The summed E-state index contributed by atoms with van der Waals surface area (Å²) in [6.07, 6.45) is 8.12. The summed E-state index contributed by atoms with van der Waals surface area (Å²) in [7, 11) is 0. The molecule has 0 aliphatic carbocycles. The molecule has 0 saturated carbocycles. The van der Waals surface area contributed by atoms with Gasteiger partial charge in [-0.05, 0) is 78.4 Å². The van der Waals surface area contributed by atoms with Crippen LogP contribution in [0.1, 0.15) is 39.9 Å². The molecule has 2 nitrogen and oxygen atoms in total. The van der Waals surface area contributed by atoms with Crippen LogP contribution in [-0.4, -0.2) is 12.4 Å². The van der Waals surface area contributed by atoms with E-state index in [9.17, 15) is 9.18 Å². The Kier molecular flexibility index (Phi) is 7.73. The topological polar surface area (TPSA) is 26.3 Å². The summed E-state index contributed by atoms with van der Waals surface area (Å²) >= 11 is 0. The van der Waals surface area contributed by atoms with Gasteiger partial charge in [0.1, 0.15) is 11.6 Å². The lowest BCUT2D eigenvalue weighted by molar-refractivity contribution is 0.104. The molecule has 0 bridgehead atoms. The SMILES string of the molecule is C=Cc1ccc(OCCCCc2ccc(C=CC(=O)c3ccc(F)cc3)cc2)cc1. The van der Waals surface area contributed by atoms with Gasteiger partial charge in [0.05, 0.1) is 6.61 Å². The molecule has 0 heterocycles. The molecule has 0 spiro atoms. The van der Waals surface area contributed by atoms with Crippen molar-refractivity contribution >= 4 is 17.9 Å². The van der Waals surface area contributed by atoms with Crippen molar-refractivity contribution in [2.75, 3.05) is 6.61 Å². The number of hydrogen-bond donors (Lipinski definition) is 0. The van der Waals surface area contributed by atoms with Crippen LogP contribution in [0, 0.1) is 5.82 Å². The Morgan fingerprint density at radius 2 is 1.53 bits per heavy atom. The molecule has 0 aliphatic heterocycles. The van der Waals surface area contributed by atoms with Gasteiger partial charge in [-0.2, -0.15) is 0 Å². The summed E-state index contributed by atoms with van der Waals surface area (Å²) in [6, 6.07) is 21.6. The molecular weight excluding hydrogens is 375 g/mol. The van der Waals surface area contributed by atoms with Gasteiger partial charge in [-0.15, -0.1) is 0 Å². The number of unbranched alkanes of at least 4 members (excludes halogenated alkanes) is 1. The summed E-state index contributed by atoms with van der Waals surface area (Å²) in [4.78, 5) is 12.1. The van der Waals surface area contributed by atoms with Crippen LogP contribution in [0.15, 0.2) is 85.5 Å². The first kappa shape index (κ1) is 21.3. The van der Waals surface area contributed by atoms with E-state index < -0.39 is 0 Å². The Balaban J connectivity index is 1.40. The van der Waals surface area contributed by atoms with Crippen molar-refractivity contribution in [2.45, 2.75) is 19.3 Å². The van der Waals surface area contributed by atoms with Gasteiger partial charge in [0.25, 0.3) is 0 Å². The third-order valence-electron chi connectivity index (χ3n) is 4.78. The van der Waals surface area contributed by atoms with E-state index in [1.165, 1.54) is 35.9 Å². The van der Waals surface area contributed by atoms with Gasteiger partial charge in [0, 0.05) is 5.56 Å². The van der Waals surface area contributed by atoms with Gasteiger partial charge in [0.15, 0.2) is 5.78 Å². The minimum atomic E-state index is -0.347.